The quantitative estimate of drug-likeness (QED) is 0.382. The summed E-state index contributed by atoms with van der Waals surface area (Å²) in [7, 11) is -3.84. The number of nitrogens with zero attached hydrogens (tertiary/aromatic N) is 2. The zero-order valence-corrected chi connectivity index (χ0v) is 22.9. The van der Waals surface area contributed by atoms with Crippen LogP contribution in [-0.4, -0.2) is 43.2 Å². The average molecular weight is 531 g/mol. The van der Waals surface area contributed by atoms with Gasteiger partial charge in [-0.3, -0.25) is 4.79 Å². The minimum absolute atomic E-state index is 0.188. The Bertz CT molecular complexity index is 1310. The molecule has 0 saturated heterocycles. The molecule has 1 aromatic heterocycles. The largest absolute Gasteiger partial charge is 0.330 e. The zero-order chi connectivity index (χ0) is 25.3. The monoisotopic (exact) mass is 530 g/mol. The van der Waals surface area contributed by atoms with Crippen molar-refractivity contribution in [2.45, 2.75) is 51.5 Å². The van der Waals surface area contributed by atoms with Gasteiger partial charge in [0.25, 0.3) is 0 Å². The molecule has 1 amide bonds. The van der Waals surface area contributed by atoms with Gasteiger partial charge in [0.2, 0.25) is 15.9 Å². The van der Waals surface area contributed by atoms with E-state index < -0.39 is 10.0 Å². The van der Waals surface area contributed by atoms with E-state index in [-0.39, 0.29) is 25.0 Å². The first-order valence-electron chi connectivity index (χ1n) is 11.8. The van der Waals surface area contributed by atoms with E-state index in [0.29, 0.717) is 34.0 Å². The molecule has 1 aliphatic heterocycles. The van der Waals surface area contributed by atoms with Gasteiger partial charge in [0.05, 0.1) is 17.5 Å². The summed E-state index contributed by atoms with van der Waals surface area (Å²) < 4.78 is 28.9. The molecule has 3 aromatic rings. The Balaban J connectivity index is 1.68. The van der Waals surface area contributed by atoms with Gasteiger partial charge < -0.3 is 4.90 Å². The van der Waals surface area contributed by atoms with Gasteiger partial charge in [0, 0.05) is 23.0 Å². The molecule has 0 aliphatic carbocycles. The van der Waals surface area contributed by atoms with Crippen LogP contribution in [0, 0.1) is 20.8 Å². The van der Waals surface area contributed by atoms with Crippen molar-refractivity contribution < 1.29 is 13.2 Å². The summed E-state index contributed by atoms with van der Waals surface area (Å²) in [5, 5.41) is 2.69. The highest BCUT2D eigenvalue weighted by atomic mass is 35.5. The van der Waals surface area contributed by atoms with Gasteiger partial charge in [-0.05, 0) is 79.4 Å². The molecule has 8 heteroatoms. The maximum atomic E-state index is 13.8. The van der Waals surface area contributed by atoms with E-state index in [2.05, 4.69) is 11.4 Å². The van der Waals surface area contributed by atoms with Crippen LogP contribution in [0.3, 0.4) is 0 Å². The zero-order valence-electron chi connectivity index (χ0n) is 20.5. The van der Waals surface area contributed by atoms with Gasteiger partial charge in [0.15, 0.2) is 0 Å². The average Bonchev–Trinajstić information content (AvgIpc) is 3.26. The van der Waals surface area contributed by atoms with E-state index in [0.717, 1.165) is 23.1 Å². The smallest absolute Gasteiger partial charge is 0.244 e. The Labute approximate surface area is 217 Å². The SMILES string of the molecule is CCCN(CC(=O)N1CCc2sccc2C1c1ccc(Cl)cc1)S(=O)(=O)c1c(C)cc(C)cc1C. The molecule has 1 aliphatic rings. The van der Waals surface area contributed by atoms with E-state index in [9.17, 15) is 13.2 Å². The second kappa shape index (κ2) is 10.4. The van der Waals surface area contributed by atoms with E-state index in [1.165, 1.54) is 9.18 Å². The molecule has 4 rings (SSSR count). The third-order valence-electron chi connectivity index (χ3n) is 6.46. The van der Waals surface area contributed by atoms with Crippen LogP contribution in [0.4, 0.5) is 0 Å². The number of hydrogen-bond donors (Lipinski definition) is 0. The predicted molar refractivity (Wildman–Crippen MR) is 143 cm³/mol. The van der Waals surface area contributed by atoms with Crippen molar-refractivity contribution in [3.63, 3.8) is 0 Å². The minimum atomic E-state index is -3.84. The van der Waals surface area contributed by atoms with Crippen LogP contribution in [0.1, 0.15) is 52.1 Å². The Morgan fingerprint density at radius 2 is 1.77 bits per heavy atom. The lowest BCUT2D eigenvalue weighted by Gasteiger charge is -2.37. The summed E-state index contributed by atoms with van der Waals surface area (Å²) in [6, 6.07) is 13.1. The number of fused-ring (bicyclic) bond motifs is 1. The number of amides is 1. The third-order valence-corrected chi connectivity index (χ3v) is 9.86. The second-order valence-electron chi connectivity index (χ2n) is 9.16. The number of thiophene rings is 1. The Morgan fingerprint density at radius 1 is 1.11 bits per heavy atom. The summed E-state index contributed by atoms with van der Waals surface area (Å²) in [5.41, 5.74) is 4.50. The molecule has 1 atom stereocenters. The van der Waals surface area contributed by atoms with Crippen molar-refractivity contribution >= 4 is 38.9 Å². The number of aryl methyl sites for hydroxylation is 3. The molecule has 35 heavy (non-hydrogen) atoms. The van der Waals surface area contributed by atoms with Gasteiger partial charge in [-0.1, -0.05) is 48.4 Å². The summed E-state index contributed by atoms with van der Waals surface area (Å²) in [6.07, 6.45) is 1.38. The van der Waals surface area contributed by atoms with Gasteiger partial charge in [-0.2, -0.15) is 4.31 Å². The topological polar surface area (TPSA) is 57.7 Å². The first kappa shape index (κ1) is 25.9. The van der Waals surface area contributed by atoms with Crippen molar-refractivity contribution in [2.24, 2.45) is 0 Å². The van der Waals surface area contributed by atoms with Crippen LogP contribution in [0.2, 0.25) is 5.02 Å². The van der Waals surface area contributed by atoms with Gasteiger partial charge in [-0.15, -0.1) is 11.3 Å². The van der Waals surface area contributed by atoms with E-state index in [1.807, 2.05) is 69.0 Å². The molecule has 0 bridgehead atoms. The molecule has 2 heterocycles. The van der Waals surface area contributed by atoms with E-state index in [4.69, 9.17) is 11.6 Å². The number of carbonyl (C=O) groups excluding carboxylic acids is 1. The van der Waals surface area contributed by atoms with Gasteiger partial charge >= 0.3 is 0 Å². The maximum Gasteiger partial charge on any atom is 0.244 e. The van der Waals surface area contributed by atoms with Crippen molar-refractivity contribution in [3.8, 4) is 0 Å². The molecule has 5 nitrogen and oxygen atoms in total. The summed E-state index contributed by atoms with van der Waals surface area (Å²) in [4.78, 5) is 17.2. The minimum Gasteiger partial charge on any atom is -0.330 e. The molecule has 0 radical (unpaired) electrons. The molecular formula is C27H31ClN2O3S2. The first-order valence-corrected chi connectivity index (χ1v) is 14.5. The third kappa shape index (κ3) is 5.19. The van der Waals surface area contributed by atoms with E-state index >= 15 is 0 Å². The Kier molecular flexibility index (Phi) is 7.71. The number of sulfonamides is 1. The fraction of sp³-hybridized carbons (Fsp3) is 0.370. The maximum absolute atomic E-state index is 13.8. The molecular weight excluding hydrogens is 500 g/mol. The van der Waals surface area contributed by atoms with Crippen LogP contribution in [-0.2, 0) is 21.2 Å². The van der Waals surface area contributed by atoms with Crippen molar-refractivity contribution in [2.75, 3.05) is 19.6 Å². The number of benzene rings is 2. The molecule has 186 valence electrons. The van der Waals surface area contributed by atoms with Crippen molar-refractivity contribution in [1.82, 2.24) is 9.21 Å². The predicted octanol–water partition coefficient (Wildman–Crippen LogP) is 5.90. The fourth-order valence-corrected chi connectivity index (χ4v) is 7.99. The van der Waals surface area contributed by atoms with Crippen LogP contribution in [0.25, 0.3) is 0 Å². The number of hydrogen-bond acceptors (Lipinski definition) is 4. The number of rotatable bonds is 7. The summed E-state index contributed by atoms with van der Waals surface area (Å²) >= 11 is 7.82. The number of carbonyl (C=O) groups is 1. The molecule has 0 spiro atoms. The Hall–Kier alpha value is -2.19. The van der Waals surface area contributed by atoms with E-state index in [1.54, 1.807) is 11.3 Å². The molecule has 0 saturated carbocycles. The molecule has 1 unspecified atom stereocenters. The summed E-state index contributed by atoms with van der Waals surface area (Å²) in [5.74, 6) is -0.193. The first-order chi connectivity index (χ1) is 16.6. The van der Waals surface area contributed by atoms with Crippen LogP contribution in [0.5, 0.6) is 0 Å². The molecule has 2 aromatic carbocycles. The highest BCUT2D eigenvalue weighted by Gasteiger charge is 2.36. The fourth-order valence-electron chi connectivity index (χ4n) is 5.07. The lowest BCUT2D eigenvalue weighted by molar-refractivity contribution is -0.133. The van der Waals surface area contributed by atoms with Crippen LogP contribution in [0.15, 0.2) is 52.7 Å². The number of halogens is 1. The van der Waals surface area contributed by atoms with Gasteiger partial charge in [-0.25, -0.2) is 8.42 Å². The standard InChI is InChI=1S/C27H31ClN2O3S2/c1-5-12-29(35(32,33)27-19(3)15-18(2)16-20(27)4)17-25(31)30-13-10-24-23(11-14-34-24)26(30)21-6-8-22(28)9-7-21/h6-9,11,14-16,26H,5,10,12-13,17H2,1-4H3. The molecule has 0 N–H and O–H groups in total. The normalized spacial score (nSPS) is 15.9. The van der Waals surface area contributed by atoms with Crippen molar-refractivity contribution in [1.29, 1.82) is 0 Å². The Morgan fingerprint density at radius 3 is 2.40 bits per heavy atom. The van der Waals surface area contributed by atoms with Crippen LogP contribution >= 0.6 is 22.9 Å². The van der Waals surface area contributed by atoms with Gasteiger partial charge in [0.1, 0.15) is 0 Å². The summed E-state index contributed by atoms with van der Waals surface area (Å²) in [6.45, 7) is 8.15. The molecule has 0 fully saturated rings. The highest BCUT2D eigenvalue weighted by Crippen LogP contribution is 2.38. The lowest BCUT2D eigenvalue weighted by Crippen LogP contribution is -2.47. The van der Waals surface area contributed by atoms with Crippen LogP contribution < -0.4 is 0 Å². The lowest BCUT2D eigenvalue weighted by atomic mass is 9.93. The highest BCUT2D eigenvalue weighted by molar-refractivity contribution is 7.89. The second-order valence-corrected chi connectivity index (χ2v) is 12.5. The van der Waals surface area contributed by atoms with Crippen molar-refractivity contribution in [3.05, 3.63) is 85.6 Å².